The van der Waals surface area contributed by atoms with Gasteiger partial charge in [0.2, 0.25) is 0 Å². The second-order valence-corrected chi connectivity index (χ2v) is 11.1. The molecule has 0 amide bonds. The third-order valence-electron chi connectivity index (χ3n) is 5.95. The van der Waals surface area contributed by atoms with Gasteiger partial charge in [-0.3, -0.25) is 0 Å². The van der Waals surface area contributed by atoms with E-state index in [1.165, 1.54) is 83.9 Å². The van der Waals surface area contributed by atoms with Crippen molar-refractivity contribution in [3.8, 4) is 23.0 Å². The van der Waals surface area contributed by atoms with Gasteiger partial charge < -0.3 is 43.7 Å². The maximum absolute atomic E-state index is 10.9. The van der Waals surface area contributed by atoms with E-state index in [-0.39, 0.29) is 11.5 Å². The molecule has 0 radical (unpaired) electrons. The van der Waals surface area contributed by atoms with Gasteiger partial charge in [-0.05, 0) is 96.5 Å². The third kappa shape index (κ3) is 12.4. The maximum atomic E-state index is 10.9. The number of hydrogen-bond acceptors (Lipinski definition) is 7. The first-order valence-electron chi connectivity index (χ1n) is 12.9. The van der Waals surface area contributed by atoms with Crippen LogP contribution in [0, 0.1) is 3.57 Å². The summed E-state index contributed by atoms with van der Waals surface area (Å²) in [5.41, 5.74) is 1.47. The summed E-state index contributed by atoms with van der Waals surface area (Å²) in [7, 11) is -0.713. The molecular formula is C27H40IN2O7P. The maximum Gasteiger partial charge on any atom is 0.174 e. The number of hydrogen-bond donors (Lipinski definition) is 2. The molecule has 2 aromatic carbocycles. The molecule has 2 saturated heterocycles. The lowest BCUT2D eigenvalue weighted by Gasteiger charge is -2.29. The van der Waals surface area contributed by atoms with Crippen molar-refractivity contribution < 1.29 is 43.7 Å². The van der Waals surface area contributed by atoms with Gasteiger partial charge in [0.15, 0.2) is 23.0 Å². The summed E-state index contributed by atoms with van der Waals surface area (Å²) in [6.07, 6.45) is 12.3. The van der Waals surface area contributed by atoms with Crippen molar-refractivity contribution >= 4 is 42.6 Å². The van der Waals surface area contributed by atoms with Crippen LogP contribution in [0.1, 0.15) is 49.7 Å². The van der Waals surface area contributed by atoms with Crippen molar-refractivity contribution in [3.63, 3.8) is 0 Å². The molecule has 0 aliphatic carbocycles. The SMILES string of the molecule is C1CC[NH2+]CC1.C1CC[NH2+]CC1.COc1ccc(/C=C\c2cc(I)c(OC)c(OC)c2)cc1OP(=O)([O-])[O-]. The average molecular weight is 663 g/mol. The Hall–Kier alpha value is -1.82. The topological polar surface area (TPSA) is 133 Å². The number of phosphoric ester groups is 1. The molecule has 0 unspecified atom stereocenters. The summed E-state index contributed by atoms with van der Waals surface area (Å²) in [4.78, 5) is 21.8. The van der Waals surface area contributed by atoms with E-state index < -0.39 is 7.82 Å². The van der Waals surface area contributed by atoms with E-state index in [2.05, 4.69) is 37.7 Å². The van der Waals surface area contributed by atoms with Crippen LogP contribution in [0.3, 0.4) is 0 Å². The number of rotatable bonds is 7. The molecule has 0 saturated carbocycles. The van der Waals surface area contributed by atoms with Gasteiger partial charge in [0.05, 0.1) is 51.1 Å². The Bertz CT molecular complexity index is 1020. The van der Waals surface area contributed by atoms with Crippen LogP contribution in [0.5, 0.6) is 23.0 Å². The Morgan fingerprint density at radius 2 is 1.26 bits per heavy atom. The molecule has 2 aliphatic rings. The van der Waals surface area contributed by atoms with Gasteiger partial charge in [-0.15, -0.1) is 0 Å². The highest BCUT2D eigenvalue weighted by Crippen LogP contribution is 2.38. The summed E-state index contributed by atoms with van der Waals surface area (Å²) in [6, 6.07) is 8.34. The number of halogens is 1. The predicted molar refractivity (Wildman–Crippen MR) is 153 cm³/mol. The van der Waals surface area contributed by atoms with E-state index in [9.17, 15) is 14.4 Å². The Labute approximate surface area is 239 Å². The Morgan fingerprint density at radius 3 is 1.68 bits per heavy atom. The van der Waals surface area contributed by atoms with Crippen molar-refractivity contribution in [3.05, 3.63) is 45.0 Å². The molecule has 0 aromatic heterocycles. The highest BCUT2D eigenvalue weighted by atomic mass is 127. The second kappa shape index (κ2) is 17.7. The van der Waals surface area contributed by atoms with E-state index in [1.54, 1.807) is 26.4 Å². The highest BCUT2D eigenvalue weighted by Gasteiger charge is 2.10. The Morgan fingerprint density at radius 1 is 0.737 bits per heavy atom. The molecular weight excluding hydrogens is 622 g/mol. The van der Waals surface area contributed by atoms with Gasteiger partial charge in [-0.25, -0.2) is 0 Å². The zero-order valence-corrected chi connectivity index (χ0v) is 25.5. The fourth-order valence-corrected chi connectivity index (χ4v) is 5.24. The monoisotopic (exact) mass is 662 g/mol. The molecule has 4 N–H and O–H groups in total. The van der Waals surface area contributed by atoms with E-state index in [1.807, 2.05) is 18.2 Å². The first-order chi connectivity index (χ1) is 18.3. The average Bonchev–Trinajstić information content (AvgIpc) is 2.93. The van der Waals surface area contributed by atoms with Crippen LogP contribution in [0.4, 0.5) is 0 Å². The number of phosphoric acid groups is 1. The minimum Gasteiger partial charge on any atom is -0.780 e. The first-order valence-corrected chi connectivity index (χ1v) is 15.4. The highest BCUT2D eigenvalue weighted by molar-refractivity contribution is 14.1. The molecule has 212 valence electrons. The van der Waals surface area contributed by atoms with E-state index >= 15 is 0 Å². The normalized spacial score (nSPS) is 15.4. The molecule has 0 spiro atoms. The van der Waals surface area contributed by atoms with Crippen molar-refractivity contribution in [2.45, 2.75) is 38.5 Å². The van der Waals surface area contributed by atoms with Crippen LogP contribution in [0.15, 0.2) is 30.3 Å². The van der Waals surface area contributed by atoms with E-state index in [0.717, 1.165) is 9.13 Å². The quantitative estimate of drug-likeness (QED) is 0.264. The van der Waals surface area contributed by atoms with Gasteiger partial charge in [0.25, 0.3) is 0 Å². The smallest absolute Gasteiger partial charge is 0.174 e. The number of ether oxygens (including phenoxy) is 3. The summed E-state index contributed by atoms with van der Waals surface area (Å²) in [5.74, 6) is 1.23. The van der Waals surface area contributed by atoms with E-state index in [4.69, 9.17) is 14.2 Å². The Balaban J connectivity index is 0.000000341. The Kier molecular flexibility index (Phi) is 15.1. The van der Waals surface area contributed by atoms with Crippen molar-refractivity contribution in [1.82, 2.24) is 0 Å². The van der Waals surface area contributed by atoms with Gasteiger partial charge in [0.1, 0.15) is 7.82 Å². The lowest BCUT2D eigenvalue weighted by molar-refractivity contribution is -0.662. The van der Waals surface area contributed by atoms with Crippen LogP contribution in [-0.4, -0.2) is 47.5 Å². The van der Waals surface area contributed by atoms with Gasteiger partial charge in [-0.2, -0.15) is 0 Å². The zero-order valence-electron chi connectivity index (χ0n) is 22.5. The van der Waals surface area contributed by atoms with Crippen LogP contribution in [-0.2, 0) is 4.57 Å². The van der Waals surface area contributed by atoms with Crippen molar-refractivity contribution in [1.29, 1.82) is 0 Å². The van der Waals surface area contributed by atoms with E-state index in [0.29, 0.717) is 17.1 Å². The lowest BCUT2D eigenvalue weighted by atomic mass is 10.1. The number of piperidine rings is 2. The molecule has 0 atom stereocenters. The van der Waals surface area contributed by atoms with Crippen molar-refractivity contribution in [2.75, 3.05) is 47.5 Å². The molecule has 9 nitrogen and oxygen atoms in total. The fraction of sp³-hybridized carbons (Fsp3) is 0.481. The summed E-state index contributed by atoms with van der Waals surface area (Å²) in [5, 5.41) is 4.78. The van der Waals surface area contributed by atoms with Crippen LogP contribution in [0.25, 0.3) is 12.2 Å². The molecule has 2 aromatic rings. The summed E-state index contributed by atoms with van der Waals surface area (Å²) < 4.78 is 31.8. The molecule has 2 aliphatic heterocycles. The lowest BCUT2D eigenvalue weighted by Crippen LogP contribution is -2.85. The molecule has 4 rings (SSSR count). The summed E-state index contributed by atoms with van der Waals surface area (Å²) >= 11 is 2.14. The molecule has 0 bridgehead atoms. The minimum atomic E-state index is -5.19. The largest absolute Gasteiger partial charge is 0.780 e. The third-order valence-corrected chi connectivity index (χ3v) is 7.18. The number of methoxy groups -OCH3 is 3. The molecule has 2 fully saturated rings. The number of nitrogens with two attached hydrogens (primary N) is 2. The first kappa shape index (κ1) is 32.4. The van der Waals surface area contributed by atoms with Crippen molar-refractivity contribution in [2.24, 2.45) is 0 Å². The van der Waals surface area contributed by atoms with Gasteiger partial charge >= 0.3 is 0 Å². The van der Waals surface area contributed by atoms with Crippen LogP contribution < -0.4 is 39.2 Å². The van der Waals surface area contributed by atoms with Crippen LogP contribution in [0.2, 0.25) is 0 Å². The van der Waals surface area contributed by atoms with Gasteiger partial charge in [0, 0.05) is 0 Å². The minimum absolute atomic E-state index is 0.148. The standard InChI is InChI=1S/C17H18IO7P.2C5H11N/c1-22-14-7-6-11(9-15(14)25-26(19,20)21)4-5-12-8-13(18)17(24-3)16(10-12)23-2;2*1-2-4-6-5-3-1/h4-10H,1-3H3,(H2,19,20,21);2*6H,1-5H2/b5-4-;;. The number of benzene rings is 2. The summed E-state index contributed by atoms with van der Waals surface area (Å²) in [6.45, 7) is 5.50. The molecule has 2 heterocycles. The van der Waals surface area contributed by atoms with Crippen LogP contribution >= 0.6 is 30.4 Å². The van der Waals surface area contributed by atoms with Gasteiger partial charge in [-0.1, -0.05) is 18.2 Å². The predicted octanol–water partition coefficient (Wildman–Crippen LogP) is 2.16. The second-order valence-electron chi connectivity index (χ2n) is 8.87. The molecule has 38 heavy (non-hydrogen) atoms. The molecule has 11 heteroatoms. The number of quaternary nitrogens is 2. The fourth-order valence-electron chi connectivity index (χ4n) is 4.01. The zero-order chi connectivity index (χ0) is 27.8.